The van der Waals surface area contributed by atoms with E-state index in [1.54, 1.807) is 26.6 Å². The average Bonchev–Trinajstić information content (AvgIpc) is 3.34. The number of nitrogens with zero attached hydrogens (tertiary/aromatic N) is 4. The van der Waals surface area contributed by atoms with Gasteiger partial charge in [0, 0.05) is 85.3 Å². The van der Waals surface area contributed by atoms with Gasteiger partial charge in [0.2, 0.25) is 11.8 Å². The van der Waals surface area contributed by atoms with E-state index in [1.807, 2.05) is 54.9 Å². The standard InChI is InChI=1S/C21H22N2O2.C17H18N2O2/c1-25-20-11-15-5-4-6-16-12-18(24)8-9-21(16,19(15)14-23-20)13-17-7-2-3-10-22-17;1-21-17-9-12-5-4-7-16(20)14(15(12)11-19-17)10-13-6-2-3-8-18-13/h2-3,7,10-12,14H,4-6,8-9,13H2,1H3;2-3,6,8-9,11,14H,4-5,7,10H2,1H3. The molecule has 3 aliphatic carbocycles. The summed E-state index contributed by atoms with van der Waals surface area (Å²) in [7, 11) is 3.27. The topological polar surface area (TPSA) is 104 Å². The average molecular weight is 617 g/mol. The van der Waals surface area contributed by atoms with Gasteiger partial charge in [-0.1, -0.05) is 17.7 Å². The van der Waals surface area contributed by atoms with Gasteiger partial charge in [-0.3, -0.25) is 19.6 Å². The Morgan fingerprint density at radius 1 is 0.761 bits per heavy atom. The van der Waals surface area contributed by atoms with E-state index in [4.69, 9.17) is 9.47 Å². The predicted molar refractivity (Wildman–Crippen MR) is 175 cm³/mol. The van der Waals surface area contributed by atoms with Crippen molar-refractivity contribution in [2.24, 2.45) is 0 Å². The van der Waals surface area contributed by atoms with Gasteiger partial charge in [-0.15, -0.1) is 0 Å². The molecule has 0 fully saturated rings. The third-order valence-electron chi connectivity index (χ3n) is 9.52. The number of pyridine rings is 4. The van der Waals surface area contributed by atoms with Gasteiger partial charge in [0.25, 0.3) is 0 Å². The maximum atomic E-state index is 12.4. The highest BCUT2D eigenvalue weighted by Crippen LogP contribution is 2.48. The Labute approximate surface area is 270 Å². The van der Waals surface area contributed by atoms with E-state index in [9.17, 15) is 9.59 Å². The lowest BCUT2D eigenvalue weighted by Crippen LogP contribution is -2.36. The van der Waals surface area contributed by atoms with Crippen molar-refractivity contribution in [1.29, 1.82) is 0 Å². The summed E-state index contributed by atoms with van der Waals surface area (Å²) in [5.41, 5.74) is 7.83. The molecule has 7 rings (SSSR count). The van der Waals surface area contributed by atoms with E-state index in [0.29, 0.717) is 31.0 Å². The van der Waals surface area contributed by atoms with Crippen molar-refractivity contribution >= 4 is 11.6 Å². The maximum Gasteiger partial charge on any atom is 0.213 e. The first-order valence-electron chi connectivity index (χ1n) is 16.1. The summed E-state index contributed by atoms with van der Waals surface area (Å²) in [6, 6.07) is 15.9. The number of ketones is 2. The molecule has 2 unspecified atom stereocenters. The monoisotopic (exact) mass is 616 g/mol. The predicted octanol–water partition coefficient (Wildman–Crippen LogP) is 6.31. The first-order chi connectivity index (χ1) is 22.5. The Morgan fingerprint density at radius 2 is 1.43 bits per heavy atom. The lowest BCUT2D eigenvalue weighted by Gasteiger charge is -2.39. The van der Waals surface area contributed by atoms with Crippen LogP contribution in [0.1, 0.15) is 78.1 Å². The molecule has 0 radical (unpaired) electrons. The summed E-state index contributed by atoms with van der Waals surface area (Å²) in [5.74, 6) is 1.66. The van der Waals surface area contributed by atoms with Crippen molar-refractivity contribution < 1.29 is 19.1 Å². The zero-order chi connectivity index (χ0) is 31.9. The van der Waals surface area contributed by atoms with Crippen LogP contribution in [0.15, 0.2) is 85.0 Å². The number of carbonyl (C=O) groups excluding carboxylic acids is 2. The number of hydrogen-bond acceptors (Lipinski definition) is 8. The summed E-state index contributed by atoms with van der Waals surface area (Å²) < 4.78 is 10.5. The van der Waals surface area contributed by atoms with Gasteiger partial charge in [-0.25, -0.2) is 9.97 Å². The van der Waals surface area contributed by atoms with Crippen LogP contribution < -0.4 is 9.47 Å². The fourth-order valence-electron chi connectivity index (χ4n) is 7.20. The molecule has 0 N–H and O–H groups in total. The van der Waals surface area contributed by atoms with E-state index in [2.05, 4.69) is 32.1 Å². The number of aromatic nitrogens is 4. The highest BCUT2D eigenvalue weighted by Gasteiger charge is 2.42. The minimum Gasteiger partial charge on any atom is -0.481 e. The molecule has 0 spiro atoms. The fourth-order valence-corrected chi connectivity index (χ4v) is 7.20. The zero-order valence-electron chi connectivity index (χ0n) is 26.6. The van der Waals surface area contributed by atoms with Crippen LogP contribution in [0.3, 0.4) is 0 Å². The minimum absolute atomic E-state index is 0.143. The molecule has 46 heavy (non-hydrogen) atoms. The SMILES string of the molecule is COc1cc2c(cn1)C(Cc1ccccn1)C(=O)CCC2.COc1cc2c(cn1)C1(Cc3ccccn3)CCC(=O)C=C1CCC2. The molecule has 4 aromatic heterocycles. The van der Waals surface area contributed by atoms with Gasteiger partial charge in [0.1, 0.15) is 5.78 Å². The third-order valence-corrected chi connectivity index (χ3v) is 9.52. The second-order valence-electron chi connectivity index (χ2n) is 12.3. The second kappa shape index (κ2) is 14.1. The molecule has 0 saturated carbocycles. The number of hydrogen-bond donors (Lipinski definition) is 0. The molecule has 2 atom stereocenters. The number of methoxy groups -OCH3 is 2. The summed E-state index contributed by atoms with van der Waals surface area (Å²) >= 11 is 0. The molecule has 8 nitrogen and oxygen atoms in total. The van der Waals surface area contributed by atoms with E-state index >= 15 is 0 Å². The summed E-state index contributed by atoms with van der Waals surface area (Å²) in [4.78, 5) is 42.2. The van der Waals surface area contributed by atoms with E-state index in [1.165, 1.54) is 22.3 Å². The largest absolute Gasteiger partial charge is 0.481 e. The van der Waals surface area contributed by atoms with Crippen LogP contribution in [-0.2, 0) is 40.7 Å². The Bertz CT molecular complexity index is 1720. The lowest BCUT2D eigenvalue weighted by atomic mass is 9.64. The van der Waals surface area contributed by atoms with Crippen molar-refractivity contribution in [3.05, 3.63) is 119 Å². The summed E-state index contributed by atoms with van der Waals surface area (Å²) in [5, 5.41) is 0. The number of carbonyl (C=O) groups is 2. The first-order valence-corrected chi connectivity index (χ1v) is 16.1. The van der Waals surface area contributed by atoms with Gasteiger partial charge in [-0.2, -0.15) is 0 Å². The Kier molecular flexibility index (Phi) is 9.62. The number of ether oxygens (including phenoxy) is 2. The van der Waals surface area contributed by atoms with Crippen LogP contribution in [0, 0.1) is 0 Å². The normalized spacial score (nSPS) is 20.4. The molecular formula is C38H40N4O4. The number of fused-ring (bicyclic) bond motifs is 4. The van der Waals surface area contributed by atoms with Crippen LogP contribution in [0.5, 0.6) is 11.8 Å². The van der Waals surface area contributed by atoms with Crippen LogP contribution in [0.4, 0.5) is 0 Å². The summed E-state index contributed by atoms with van der Waals surface area (Å²) in [6.45, 7) is 0. The highest BCUT2D eigenvalue weighted by atomic mass is 16.5. The van der Waals surface area contributed by atoms with Gasteiger partial charge in [0.15, 0.2) is 5.78 Å². The van der Waals surface area contributed by atoms with Crippen LogP contribution in [-0.4, -0.2) is 45.7 Å². The van der Waals surface area contributed by atoms with Crippen LogP contribution in [0.2, 0.25) is 0 Å². The smallest absolute Gasteiger partial charge is 0.213 e. The van der Waals surface area contributed by atoms with Crippen molar-refractivity contribution in [3.8, 4) is 11.8 Å². The molecule has 4 heterocycles. The number of rotatable bonds is 6. The molecular weight excluding hydrogens is 576 g/mol. The molecule has 0 aromatic carbocycles. The molecule has 0 aliphatic heterocycles. The molecule has 3 aliphatic rings. The van der Waals surface area contributed by atoms with Gasteiger partial charge >= 0.3 is 0 Å². The first kappa shape index (κ1) is 31.3. The van der Waals surface area contributed by atoms with Crippen molar-refractivity contribution in [3.63, 3.8) is 0 Å². The Balaban J connectivity index is 0.000000164. The van der Waals surface area contributed by atoms with Crippen molar-refractivity contribution in [2.45, 2.75) is 75.5 Å². The minimum atomic E-state index is -0.173. The molecule has 4 aromatic rings. The van der Waals surface area contributed by atoms with Crippen molar-refractivity contribution in [1.82, 2.24) is 19.9 Å². The fraction of sp³-hybridized carbons (Fsp3) is 0.368. The number of aryl methyl sites for hydroxylation is 2. The van der Waals surface area contributed by atoms with E-state index in [0.717, 1.165) is 61.9 Å². The van der Waals surface area contributed by atoms with Crippen LogP contribution in [0.25, 0.3) is 0 Å². The Hall–Kier alpha value is -4.72. The molecule has 0 amide bonds. The second-order valence-corrected chi connectivity index (χ2v) is 12.3. The molecule has 8 heteroatoms. The highest BCUT2D eigenvalue weighted by molar-refractivity contribution is 5.92. The van der Waals surface area contributed by atoms with Gasteiger partial charge in [-0.05, 0) is 91.1 Å². The number of Topliss-reactive ketones (excluding diaryl/α,β-unsaturated/α-hetero) is 1. The zero-order valence-corrected chi connectivity index (χ0v) is 26.6. The Morgan fingerprint density at radius 3 is 2.15 bits per heavy atom. The lowest BCUT2D eigenvalue weighted by molar-refractivity contribution is -0.120. The van der Waals surface area contributed by atoms with Crippen molar-refractivity contribution in [2.75, 3.05) is 14.2 Å². The van der Waals surface area contributed by atoms with E-state index < -0.39 is 0 Å². The maximum absolute atomic E-state index is 12.4. The summed E-state index contributed by atoms with van der Waals surface area (Å²) in [6.07, 6.45) is 17.5. The van der Waals surface area contributed by atoms with Gasteiger partial charge in [0.05, 0.1) is 14.2 Å². The molecule has 0 saturated heterocycles. The molecule has 236 valence electrons. The van der Waals surface area contributed by atoms with E-state index in [-0.39, 0.29) is 22.9 Å². The van der Waals surface area contributed by atoms with Gasteiger partial charge < -0.3 is 9.47 Å². The molecule has 0 bridgehead atoms. The quantitative estimate of drug-likeness (QED) is 0.232. The number of allylic oxidation sites excluding steroid dienone is 2. The van der Waals surface area contributed by atoms with Crippen LogP contribution >= 0.6 is 0 Å². The third kappa shape index (κ3) is 6.76.